The van der Waals surface area contributed by atoms with E-state index in [9.17, 15) is 0 Å². The summed E-state index contributed by atoms with van der Waals surface area (Å²) in [5.74, 6) is 1.12. The van der Waals surface area contributed by atoms with Gasteiger partial charge in [0.05, 0.1) is 19.1 Å². The van der Waals surface area contributed by atoms with Gasteiger partial charge in [-0.3, -0.25) is 0 Å². The molecule has 2 aromatic heterocycles. The molecule has 0 atom stereocenters. The van der Waals surface area contributed by atoms with E-state index >= 15 is 0 Å². The molecule has 0 unspecified atom stereocenters. The van der Waals surface area contributed by atoms with Crippen molar-refractivity contribution in [2.24, 2.45) is 0 Å². The van der Waals surface area contributed by atoms with Crippen LogP contribution in [0.2, 0.25) is 0 Å². The van der Waals surface area contributed by atoms with Crippen LogP contribution < -0.4 is 0 Å². The lowest BCUT2D eigenvalue weighted by Gasteiger charge is -2.05. The van der Waals surface area contributed by atoms with Gasteiger partial charge in [-0.05, 0) is 39.0 Å². The Balaban J connectivity index is 2.02. The van der Waals surface area contributed by atoms with Crippen molar-refractivity contribution in [3.63, 3.8) is 0 Å². The second-order valence-corrected chi connectivity index (χ2v) is 7.28. The topological polar surface area (TPSA) is 27.1 Å². The van der Waals surface area contributed by atoms with Crippen LogP contribution in [0.5, 0.6) is 0 Å². The number of halogens is 1. The molecular weight excluding hydrogens is 300 g/mol. The van der Waals surface area contributed by atoms with E-state index in [0.717, 1.165) is 27.9 Å². The Bertz CT molecular complexity index is 498. The minimum Gasteiger partial charge on any atom is -0.356 e. The zero-order chi connectivity index (χ0) is 12.3. The second kappa shape index (κ2) is 5.89. The van der Waals surface area contributed by atoms with Crippen LogP contribution in [0.1, 0.15) is 0 Å². The van der Waals surface area contributed by atoms with Gasteiger partial charge in [0.15, 0.2) is 0 Å². The van der Waals surface area contributed by atoms with Gasteiger partial charge in [0.25, 0.3) is 0 Å². The predicted molar refractivity (Wildman–Crippen MR) is 77.5 cm³/mol. The van der Waals surface area contributed by atoms with E-state index in [1.165, 1.54) is 0 Å². The van der Waals surface area contributed by atoms with Crippen molar-refractivity contribution in [3.05, 3.63) is 29.0 Å². The largest absolute Gasteiger partial charge is 0.356 e. The van der Waals surface area contributed by atoms with E-state index in [2.05, 4.69) is 39.5 Å². The van der Waals surface area contributed by atoms with Crippen LogP contribution in [0.25, 0.3) is 11.0 Å². The van der Waals surface area contributed by atoms with E-state index in [1.54, 1.807) is 6.20 Å². The van der Waals surface area contributed by atoms with Crippen LogP contribution in [0.3, 0.4) is 0 Å². The van der Waals surface area contributed by atoms with Gasteiger partial charge in [0, 0.05) is 22.3 Å². The van der Waals surface area contributed by atoms with Crippen molar-refractivity contribution in [1.82, 2.24) is 9.55 Å². The quantitative estimate of drug-likeness (QED) is 0.626. The Morgan fingerprint density at radius 1 is 1.41 bits per heavy atom. The van der Waals surface area contributed by atoms with Crippen LogP contribution in [0.15, 0.2) is 29.0 Å². The standard InChI is InChI=1S/C12H16BrN2OS/c1-17(2)8-7-16-9-15-6-4-10-11(13)3-5-14-12(10)15/h3-6H,7-9H2,1-2H3/q+1. The molecule has 0 radical (unpaired) electrons. The molecule has 0 aromatic carbocycles. The Morgan fingerprint density at radius 2 is 2.24 bits per heavy atom. The summed E-state index contributed by atoms with van der Waals surface area (Å²) < 4.78 is 8.76. The fourth-order valence-corrected chi connectivity index (χ4v) is 2.43. The summed E-state index contributed by atoms with van der Waals surface area (Å²) in [5, 5.41) is 1.13. The second-order valence-electron chi connectivity index (χ2n) is 4.04. The van der Waals surface area contributed by atoms with E-state index < -0.39 is 0 Å². The molecule has 2 rings (SSSR count). The number of ether oxygens (including phenoxy) is 1. The maximum Gasteiger partial charge on any atom is 0.142 e. The molecular formula is C12H16BrN2OS+. The van der Waals surface area contributed by atoms with Crippen molar-refractivity contribution < 1.29 is 4.74 Å². The fraction of sp³-hybridized carbons (Fsp3) is 0.417. The van der Waals surface area contributed by atoms with Crippen molar-refractivity contribution >= 4 is 37.9 Å². The summed E-state index contributed by atoms with van der Waals surface area (Å²) >= 11 is 3.52. The summed E-state index contributed by atoms with van der Waals surface area (Å²) in [6.07, 6.45) is 8.28. The Hall–Kier alpha value is -0.520. The van der Waals surface area contributed by atoms with Gasteiger partial charge in [-0.25, -0.2) is 4.98 Å². The monoisotopic (exact) mass is 315 g/mol. The van der Waals surface area contributed by atoms with Crippen LogP contribution in [0, 0.1) is 0 Å². The van der Waals surface area contributed by atoms with E-state index in [4.69, 9.17) is 4.74 Å². The smallest absolute Gasteiger partial charge is 0.142 e. The van der Waals surface area contributed by atoms with Gasteiger partial charge in [0.1, 0.15) is 18.1 Å². The summed E-state index contributed by atoms with van der Waals surface area (Å²) in [6.45, 7) is 1.38. The number of nitrogens with zero attached hydrogens (tertiary/aromatic N) is 2. The van der Waals surface area contributed by atoms with Crippen LogP contribution in [-0.2, 0) is 22.4 Å². The molecule has 0 saturated heterocycles. The van der Waals surface area contributed by atoms with Crippen LogP contribution in [0.4, 0.5) is 0 Å². The molecule has 0 N–H and O–H groups in total. The minimum atomic E-state index is 0.448. The summed E-state index contributed by atoms with van der Waals surface area (Å²) in [4.78, 5) is 4.37. The SMILES string of the molecule is C[S+](C)CCOCn1ccc2c(Br)ccnc21. The number of aromatic nitrogens is 2. The van der Waals surface area contributed by atoms with Gasteiger partial charge < -0.3 is 9.30 Å². The predicted octanol–water partition coefficient (Wildman–Crippen LogP) is 2.65. The lowest BCUT2D eigenvalue weighted by atomic mass is 10.3. The highest BCUT2D eigenvalue weighted by Crippen LogP contribution is 2.22. The normalized spacial score (nSPS) is 11.5. The molecule has 17 heavy (non-hydrogen) atoms. The third-order valence-electron chi connectivity index (χ3n) is 2.48. The Kier molecular flexibility index (Phi) is 4.48. The van der Waals surface area contributed by atoms with E-state index in [1.807, 2.05) is 16.8 Å². The first-order valence-corrected chi connectivity index (χ1v) is 8.40. The maximum absolute atomic E-state index is 5.65. The van der Waals surface area contributed by atoms with Crippen molar-refractivity contribution in [3.8, 4) is 0 Å². The molecule has 2 heterocycles. The number of hydrogen-bond acceptors (Lipinski definition) is 2. The van der Waals surface area contributed by atoms with E-state index in [0.29, 0.717) is 17.6 Å². The van der Waals surface area contributed by atoms with Crippen LogP contribution >= 0.6 is 15.9 Å². The first kappa shape index (κ1) is 12.9. The lowest BCUT2D eigenvalue weighted by molar-refractivity contribution is 0.0924. The molecule has 0 aliphatic rings. The number of pyridine rings is 1. The van der Waals surface area contributed by atoms with Crippen LogP contribution in [-0.4, -0.2) is 34.4 Å². The molecule has 0 amide bonds. The van der Waals surface area contributed by atoms with Crippen molar-refractivity contribution in [2.75, 3.05) is 24.9 Å². The number of rotatable bonds is 5. The van der Waals surface area contributed by atoms with Crippen molar-refractivity contribution in [2.45, 2.75) is 6.73 Å². The molecule has 0 saturated carbocycles. The summed E-state index contributed by atoms with van der Waals surface area (Å²) in [5.41, 5.74) is 0.964. The average molecular weight is 316 g/mol. The first-order valence-electron chi connectivity index (χ1n) is 5.40. The highest BCUT2D eigenvalue weighted by atomic mass is 79.9. The Morgan fingerprint density at radius 3 is 3.00 bits per heavy atom. The van der Waals surface area contributed by atoms with Gasteiger partial charge in [-0.1, -0.05) is 0 Å². The molecule has 0 aliphatic carbocycles. The lowest BCUT2D eigenvalue weighted by Crippen LogP contribution is -2.11. The molecule has 0 fully saturated rings. The Labute approximate surface area is 113 Å². The molecule has 0 bridgehead atoms. The zero-order valence-corrected chi connectivity index (χ0v) is 12.4. The highest BCUT2D eigenvalue weighted by Gasteiger charge is 2.06. The molecule has 5 heteroatoms. The van der Waals surface area contributed by atoms with E-state index in [-0.39, 0.29) is 0 Å². The number of fused-ring (bicyclic) bond motifs is 1. The number of hydrogen-bond donors (Lipinski definition) is 0. The molecule has 3 nitrogen and oxygen atoms in total. The molecule has 92 valence electrons. The van der Waals surface area contributed by atoms with Gasteiger partial charge in [0.2, 0.25) is 0 Å². The fourth-order valence-electron chi connectivity index (χ4n) is 1.55. The minimum absolute atomic E-state index is 0.448. The summed E-state index contributed by atoms with van der Waals surface area (Å²) in [7, 11) is 0.448. The zero-order valence-electron chi connectivity index (χ0n) is 10.0. The van der Waals surface area contributed by atoms with Crippen molar-refractivity contribution in [1.29, 1.82) is 0 Å². The average Bonchev–Trinajstić information content (AvgIpc) is 2.69. The molecule has 0 aliphatic heterocycles. The third-order valence-corrected chi connectivity index (χ3v) is 4.15. The highest BCUT2D eigenvalue weighted by molar-refractivity contribution is 9.10. The maximum atomic E-state index is 5.65. The third kappa shape index (κ3) is 3.24. The molecule has 2 aromatic rings. The van der Waals surface area contributed by atoms with Gasteiger partial charge in [-0.15, -0.1) is 0 Å². The van der Waals surface area contributed by atoms with Gasteiger partial charge >= 0.3 is 0 Å². The summed E-state index contributed by atoms with van der Waals surface area (Å²) in [6, 6.07) is 4.01. The first-order chi connectivity index (χ1) is 8.18. The molecule has 0 spiro atoms. The van der Waals surface area contributed by atoms with Gasteiger partial charge in [-0.2, -0.15) is 0 Å².